The predicted octanol–water partition coefficient (Wildman–Crippen LogP) is 3.51. The maximum atomic E-state index is 13.3. The molecule has 0 bridgehead atoms. The van der Waals surface area contributed by atoms with Gasteiger partial charge in [0.15, 0.2) is 0 Å². The molecule has 4 rings (SSSR count). The van der Waals surface area contributed by atoms with E-state index in [2.05, 4.69) is 10.4 Å². The molecule has 1 N–H and O–H groups in total. The van der Waals surface area contributed by atoms with Crippen molar-refractivity contribution in [1.29, 1.82) is 0 Å². The van der Waals surface area contributed by atoms with E-state index >= 15 is 0 Å². The van der Waals surface area contributed by atoms with Crippen molar-refractivity contribution in [3.05, 3.63) is 76.6 Å². The number of aryl methyl sites for hydroxylation is 1. The molecule has 1 atom stereocenters. The van der Waals surface area contributed by atoms with Crippen molar-refractivity contribution < 1.29 is 9.53 Å². The summed E-state index contributed by atoms with van der Waals surface area (Å²) >= 11 is 0. The van der Waals surface area contributed by atoms with Crippen molar-refractivity contribution in [2.24, 2.45) is 0 Å². The minimum absolute atomic E-state index is 0.00189. The number of rotatable bonds is 6. The van der Waals surface area contributed by atoms with Crippen molar-refractivity contribution in [3.63, 3.8) is 0 Å². The highest BCUT2D eigenvalue weighted by Crippen LogP contribution is 2.32. The first-order valence-corrected chi connectivity index (χ1v) is 10.3. The van der Waals surface area contributed by atoms with Crippen molar-refractivity contribution in [1.82, 2.24) is 15.1 Å². The minimum atomic E-state index is -0.392. The van der Waals surface area contributed by atoms with E-state index in [9.17, 15) is 9.59 Å². The molecule has 6 heteroatoms. The zero-order valence-corrected chi connectivity index (χ0v) is 17.0. The molecule has 0 spiro atoms. The van der Waals surface area contributed by atoms with Gasteiger partial charge in [-0.3, -0.25) is 9.59 Å². The van der Waals surface area contributed by atoms with Crippen LogP contribution in [0.4, 0.5) is 0 Å². The summed E-state index contributed by atoms with van der Waals surface area (Å²) in [5, 5.41) is 7.53. The number of nitrogens with one attached hydrogen (secondary N) is 1. The molecule has 2 heterocycles. The van der Waals surface area contributed by atoms with Crippen molar-refractivity contribution in [2.45, 2.75) is 32.4 Å². The highest BCUT2D eigenvalue weighted by molar-refractivity contribution is 6.03. The molecule has 1 saturated heterocycles. The third-order valence-electron chi connectivity index (χ3n) is 5.31. The summed E-state index contributed by atoms with van der Waals surface area (Å²) in [6, 6.07) is 19.1. The summed E-state index contributed by atoms with van der Waals surface area (Å²) < 4.78 is 6.97. The van der Waals surface area contributed by atoms with Crippen LogP contribution in [0.1, 0.15) is 30.1 Å². The number of hydrogen-bond donors (Lipinski definition) is 1. The maximum absolute atomic E-state index is 13.3. The molecule has 1 aliphatic heterocycles. The Labute approximate surface area is 175 Å². The van der Waals surface area contributed by atoms with Gasteiger partial charge in [0.2, 0.25) is 0 Å². The summed E-state index contributed by atoms with van der Waals surface area (Å²) in [6.45, 7) is 3.33. The van der Waals surface area contributed by atoms with Crippen LogP contribution in [0.5, 0.6) is 0 Å². The molecule has 2 aromatic carbocycles. The molecule has 0 saturated carbocycles. The van der Waals surface area contributed by atoms with E-state index in [1.54, 1.807) is 0 Å². The van der Waals surface area contributed by atoms with Gasteiger partial charge in [0.1, 0.15) is 5.56 Å². The van der Waals surface area contributed by atoms with Gasteiger partial charge in [-0.25, -0.2) is 4.68 Å². The van der Waals surface area contributed by atoms with Crippen LogP contribution in [0.15, 0.2) is 65.5 Å². The van der Waals surface area contributed by atoms with Gasteiger partial charge in [0.05, 0.1) is 11.8 Å². The lowest BCUT2D eigenvalue weighted by Gasteiger charge is -2.17. The topological polar surface area (TPSA) is 73.2 Å². The van der Waals surface area contributed by atoms with Gasteiger partial charge in [-0.1, -0.05) is 60.7 Å². The Kier molecular flexibility index (Phi) is 6.05. The van der Waals surface area contributed by atoms with Gasteiger partial charge in [-0.2, -0.15) is 5.10 Å². The monoisotopic (exact) mass is 403 g/mol. The SMILES string of the molecule is CCn1nc(-c2ccccc2)c(-c2ccccc2)c(C(=O)NCC2CCCO2)c1=O. The average Bonchev–Trinajstić information content (AvgIpc) is 3.32. The minimum Gasteiger partial charge on any atom is -0.376 e. The van der Waals surface area contributed by atoms with Crippen molar-refractivity contribution >= 4 is 5.91 Å². The Balaban J connectivity index is 1.88. The van der Waals surface area contributed by atoms with Gasteiger partial charge in [0, 0.05) is 30.8 Å². The molecule has 1 unspecified atom stereocenters. The van der Waals surface area contributed by atoms with Gasteiger partial charge in [-0.05, 0) is 25.3 Å². The number of ether oxygens (including phenoxy) is 1. The highest BCUT2D eigenvalue weighted by atomic mass is 16.5. The summed E-state index contributed by atoms with van der Waals surface area (Å²) in [4.78, 5) is 26.5. The highest BCUT2D eigenvalue weighted by Gasteiger charge is 2.26. The molecule has 1 aliphatic rings. The number of aromatic nitrogens is 2. The predicted molar refractivity (Wildman–Crippen MR) is 116 cm³/mol. The Morgan fingerprint density at radius 3 is 2.37 bits per heavy atom. The summed E-state index contributed by atoms with van der Waals surface area (Å²) in [5.74, 6) is -0.392. The van der Waals surface area contributed by atoms with Crippen molar-refractivity contribution in [2.75, 3.05) is 13.2 Å². The van der Waals surface area contributed by atoms with E-state index < -0.39 is 5.91 Å². The molecular weight excluding hydrogens is 378 g/mol. The first-order chi connectivity index (χ1) is 14.7. The zero-order valence-electron chi connectivity index (χ0n) is 17.0. The van der Waals surface area contributed by atoms with Crippen LogP contribution < -0.4 is 10.9 Å². The number of benzene rings is 2. The van der Waals surface area contributed by atoms with E-state index in [1.165, 1.54) is 4.68 Å². The van der Waals surface area contributed by atoms with E-state index in [1.807, 2.05) is 67.6 Å². The molecule has 3 aromatic rings. The fourth-order valence-corrected chi connectivity index (χ4v) is 3.78. The van der Waals surface area contributed by atoms with E-state index in [-0.39, 0.29) is 17.2 Å². The first-order valence-electron chi connectivity index (χ1n) is 10.3. The van der Waals surface area contributed by atoms with Crippen molar-refractivity contribution in [3.8, 4) is 22.4 Å². The van der Waals surface area contributed by atoms with Crippen LogP contribution in [-0.4, -0.2) is 34.9 Å². The second-order valence-electron chi connectivity index (χ2n) is 7.30. The number of nitrogens with zero attached hydrogens (tertiary/aromatic N) is 2. The average molecular weight is 403 g/mol. The Hall–Kier alpha value is -3.25. The summed E-state index contributed by atoms with van der Waals surface area (Å²) in [7, 11) is 0. The second-order valence-corrected chi connectivity index (χ2v) is 7.30. The molecular formula is C24H25N3O3. The molecule has 30 heavy (non-hydrogen) atoms. The van der Waals surface area contributed by atoms with Gasteiger partial charge >= 0.3 is 0 Å². The zero-order chi connectivity index (χ0) is 20.9. The Bertz CT molecular complexity index is 1070. The van der Waals surface area contributed by atoms with E-state index in [0.29, 0.717) is 31.0 Å². The molecule has 154 valence electrons. The van der Waals surface area contributed by atoms with Crippen LogP contribution in [-0.2, 0) is 11.3 Å². The largest absolute Gasteiger partial charge is 0.376 e. The van der Waals surface area contributed by atoms with Gasteiger partial charge < -0.3 is 10.1 Å². The molecule has 6 nitrogen and oxygen atoms in total. The number of carbonyl (C=O) groups is 1. The van der Waals surface area contributed by atoms with Gasteiger partial charge in [-0.15, -0.1) is 0 Å². The molecule has 1 amide bonds. The Morgan fingerprint density at radius 2 is 1.77 bits per heavy atom. The molecule has 0 radical (unpaired) electrons. The summed E-state index contributed by atoms with van der Waals surface area (Å²) in [5.41, 5.74) is 2.54. The van der Waals surface area contributed by atoms with Crippen LogP contribution in [0, 0.1) is 0 Å². The van der Waals surface area contributed by atoms with Gasteiger partial charge in [0.25, 0.3) is 11.5 Å². The summed E-state index contributed by atoms with van der Waals surface area (Å²) in [6.07, 6.45) is 1.90. The van der Waals surface area contributed by atoms with E-state index in [4.69, 9.17) is 4.74 Å². The number of hydrogen-bond acceptors (Lipinski definition) is 4. The fourth-order valence-electron chi connectivity index (χ4n) is 3.78. The van der Waals surface area contributed by atoms with Crippen LogP contribution in [0.2, 0.25) is 0 Å². The van der Waals surface area contributed by atoms with Crippen LogP contribution in [0.3, 0.4) is 0 Å². The fraction of sp³-hybridized carbons (Fsp3) is 0.292. The Morgan fingerprint density at radius 1 is 1.10 bits per heavy atom. The quantitative estimate of drug-likeness (QED) is 0.684. The lowest BCUT2D eigenvalue weighted by atomic mass is 9.95. The van der Waals surface area contributed by atoms with Crippen LogP contribution in [0.25, 0.3) is 22.4 Å². The normalized spacial score (nSPS) is 15.8. The van der Waals surface area contributed by atoms with E-state index in [0.717, 1.165) is 24.0 Å². The molecule has 1 fully saturated rings. The van der Waals surface area contributed by atoms with Crippen LogP contribution >= 0.6 is 0 Å². The second kappa shape index (κ2) is 9.05. The third-order valence-corrected chi connectivity index (χ3v) is 5.31. The molecule has 1 aromatic heterocycles. The first kappa shape index (κ1) is 20.0. The maximum Gasteiger partial charge on any atom is 0.280 e. The smallest absolute Gasteiger partial charge is 0.280 e. The third kappa shape index (κ3) is 4.04. The standard InChI is InChI=1S/C24H25N3O3/c1-2-27-24(29)21(23(28)25-16-19-14-9-15-30-19)20(17-10-5-3-6-11-17)22(26-27)18-12-7-4-8-13-18/h3-8,10-13,19H,2,9,14-16H2,1H3,(H,25,28). The lowest BCUT2D eigenvalue weighted by molar-refractivity contribution is 0.0856. The number of carbonyl (C=O) groups excluding carboxylic acids is 1. The molecule has 0 aliphatic carbocycles. The number of amides is 1. The lowest BCUT2D eigenvalue weighted by Crippen LogP contribution is -2.38.